The van der Waals surface area contributed by atoms with Gasteiger partial charge in [0.1, 0.15) is 25.4 Å². The molecule has 162 valence electrons. The standard InChI is InChI=1S/C17H28O10S/c1-3-10-14(21)16(15(22)17(23)26-10)27-12(19)6-5-11(18)24-7-8-25-13(20)9-28-4-2/h10,14-17,21-23H,3-9H2,1-2H3/t10?,14-,15?,16+,17+/m1/s1. The number of esters is 3. The molecule has 0 amide bonds. The van der Waals surface area contributed by atoms with Crippen molar-refractivity contribution in [3.63, 3.8) is 0 Å². The van der Waals surface area contributed by atoms with Crippen LogP contribution in [0.1, 0.15) is 33.1 Å². The zero-order valence-electron chi connectivity index (χ0n) is 15.9. The Balaban J connectivity index is 2.28. The van der Waals surface area contributed by atoms with Crippen LogP contribution in [0.4, 0.5) is 0 Å². The van der Waals surface area contributed by atoms with Gasteiger partial charge in [-0.05, 0) is 12.2 Å². The zero-order chi connectivity index (χ0) is 21.1. The molecule has 1 aliphatic heterocycles. The highest BCUT2D eigenvalue weighted by Crippen LogP contribution is 2.24. The van der Waals surface area contributed by atoms with Gasteiger partial charge in [0.15, 0.2) is 12.4 Å². The summed E-state index contributed by atoms with van der Waals surface area (Å²) >= 11 is 1.42. The number of rotatable bonds is 11. The Morgan fingerprint density at radius 1 is 0.929 bits per heavy atom. The summed E-state index contributed by atoms with van der Waals surface area (Å²) in [5, 5.41) is 29.5. The van der Waals surface area contributed by atoms with Crippen LogP contribution in [0.5, 0.6) is 0 Å². The fourth-order valence-electron chi connectivity index (χ4n) is 2.42. The Morgan fingerprint density at radius 3 is 2.14 bits per heavy atom. The molecular weight excluding hydrogens is 396 g/mol. The van der Waals surface area contributed by atoms with Gasteiger partial charge in [0.05, 0.1) is 24.7 Å². The summed E-state index contributed by atoms with van der Waals surface area (Å²) in [6, 6.07) is 0. The van der Waals surface area contributed by atoms with E-state index in [1.807, 2.05) is 6.92 Å². The quantitative estimate of drug-likeness (QED) is 0.221. The van der Waals surface area contributed by atoms with Crippen molar-refractivity contribution in [3.05, 3.63) is 0 Å². The van der Waals surface area contributed by atoms with Gasteiger partial charge in [-0.3, -0.25) is 14.4 Å². The van der Waals surface area contributed by atoms with Crippen LogP contribution in [-0.2, 0) is 33.3 Å². The molecule has 0 saturated carbocycles. The molecule has 1 heterocycles. The molecule has 0 spiro atoms. The number of ether oxygens (including phenoxy) is 4. The number of aliphatic hydroxyl groups is 3. The van der Waals surface area contributed by atoms with Gasteiger partial charge >= 0.3 is 17.9 Å². The highest BCUT2D eigenvalue weighted by Gasteiger charge is 2.45. The molecule has 11 heteroatoms. The van der Waals surface area contributed by atoms with E-state index in [-0.39, 0.29) is 31.8 Å². The van der Waals surface area contributed by atoms with E-state index in [0.29, 0.717) is 6.42 Å². The first-order valence-electron chi connectivity index (χ1n) is 9.08. The van der Waals surface area contributed by atoms with E-state index in [4.69, 9.17) is 18.9 Å². The van der Waals surface area contributed by atoms with Gasteiger partial charge in [-0.1, -0.05) is 13.8 Å². The topological polar surface area (TPSA) is 149 Å². The highest BCUT2D eigenvalue weighted by atomic mass is 32.2. The fourth-order valence-corrected chi connectivity index (χ4v) is 2.87. The molecule has 0 bridgehead atoms. The minimum absolute atomic E-state index is 0.0734. The molecule has 0 aliphatic carbocycles. The van der Waals surface area contributed by atoms with Crippen molar-refractivity contribution in [2.75, 3.05) is 24.7 Å². The Hall–Kier alpha value is -1.40. The summed E-state index contributed by atoms with van der Waals surface area (Å²) < 4.78 is 19.7. The minimum atomic E-state index is -1.60. The molecule has 0 aromatic carbocycles. The van der Waals surface area contributed by atoms with Crippen LogP contribution < -0.4 is 0 Å². The summed E-state index contributed by atoms with van der Waals surface area (Å²) in [4.78, 5) is 34.7. The Kier molecular flexibility index (Phi) is 11.4. The number of thioether (sulfide) groups is 1. The summed E-state index contributed by atoms with van der Waals surface area (Å²) in [6.45, 7) is 3.42. The molecule has 10 nitrogen and oxygen atoms in total. The van der Waals surface area contributed by atoms with Gasteiger partial charge in [-0.2, -0.15) is 11.8 Å². The van der Waals surface area contributed by atoms with Crippen LogP contribution in [0.2, 0.25) is 0 Å². The van der Waals surface area contributed by atoms with Crippen LogP contribution in [0.25, 0.3) is 0 Å². The van der Waals surface area contributed by atoms with E-state index >= 15 is 0 Å². The van der Waals surface area contributed by atoms with Crippen LogP contribution in [-0.4, -0.2) is 88.7 Å². The zero-order valence-corrected chi connectivity index (χ0v) is 16.8. The van der Waals surface area contributed by atoms with Crippen molar-refractivity contribution in [1.82, 2.24) is 0 Å². The van der Waals surface area contributed by atoms with Crippen LogP contribution >= 0.6 is 11.8 Å². The van der Waals surface area contributed by atoms with Crippen molar-refractivity contribution in [2.24, 2.45) is 0 Å². The first kappa shape index (κ1) is 24.6. The second-order valence-corrected chi connectivity index (χ2v) is 7.26. The van der Waals surface area contributed by atoms with Gasteiger partial charge < -0.3 is 34.3 Å². The molecule has 1 rings (SSSR count). The molecule has 1 fully saturated rings. The Labute approximate surface area is 167 Å². The van der Waals surface area contributed by atoms with Gasteiger partial charge in [-0.25, -0.2) is 0 Å². The monoisotopic (exact) mass is 424 g/mol. The Bertz CT molecular complexity index is 514. The third kappa shape index (κ3) is 8.31. The van der Waals surface area contributed by atoms with Gasteiger partial charge in [0.2, 0.25) is 0 Å². The van der Waals surface area contributed by atoms with Crippen molar-refractivity contribution in [2.45, 2.75) is 63.8 Å². The average Bonchev–Trinajstić information content (AvgIpc) is 2.68. The third-order valence-electron chi connectivity index (χ3n) is 3.90. The van der Waals surface area contributed by atoms with E-state index in [1.165, 1.54) is 11.8 Å². The molecule has 3 N–H and O–H groups in total. The van der Waals surface area contributed by atoms with Gasteiger partial charge in [0.25, 0.3) is 0 Å². The number of hydrogen-bond donors (Lipinski definition) is 3. The molecule has 0 aromatic rings. The highest BCUT2D eigenvalue weighted by molar-refractivity contribution is 7.99. The molecule has 0 radical (unpaired) electrons. The summed E-state index contributed by atoms with van der Waals surface area (Å²) in [6.07, 6.45) is -6.93. The summed E-state index contributed by atoms with van der Waals surface area (Å²) in [5.74, 6) is -0.899. The maximum atomic E-state index is 11.9. The number of aliphatic hydroxyl groups excluding tert-OH is 3. The first-order chi connectivity index (χ1) is 13.3. The lowest BCUT2D eigenvalue weighted by Crippen LogP contribution is -2.58. The summed E-state index contributed by atoms with van der Waals surface area (Å²) in [5.41, 5.74) is 0. The van der Waals surface area contributed by atoms with Crippen molar-refractivity contribution in [3.8, 4) is 0 Å². The van der Waals surface area contributed by atoms with E-state index in [9.17, 15) is 29.7 Å². The maximum Gasteiger partial charge on any atom is 0.316 e. The van der Waals surface area contributed by atoms with Gasteiger partial charge in [0, 0.05) is 0 Å². The molecule has 0 aromatic heterocycles. The Morgan fingerprint density at radius 2 is 1.54 bits per heavy atom. The van der Waals surface area contributed by atoms with E-state index < -0.39 is 48.6 Å². The second-order valence-electron chi connectivity index (χ2n) is 5.99. The van der Waals surface area contributed by atoms with Crippen LogP contribution in [0.3, 0.4) is 0 Å². The second kappa shape index (κ2) is 12.9. The lowest BCUT2D eigenvalue weighted by atomic mass is 9.97. The van der Waals surface area contributed by atoms with Gasteiger partial charge in [-0.15, -0.1) is 0 Å². The molecular formula is C17H28O10S. The lowest BCUT2D eigenvalue weighted by molar-refractivity contribution is -0.285. The van der Waals surface area contributed by atoms with E-state index in [1.54, 1.807) is 6.92 Å². The largest absolute Gasteiger partial charge is 0.462 e. The molecule has 28 heavy (non-hydrogen) atoms. The molecule has 1 aliphatic rings. The number of hydrogen-bond acceptors (Lipinski definition) is 11. The number of carbonyl (C=O) groups excluding carboxylic acids is 3. The molecule has 2 unspecified atom stereocenters. The smallest absolute Gasteiger partial charge is 0.316 e. The fraction of sp³-hybridized carbons (Fsp3) is 0.824. The first-order valence-corrected chi connectivity index (χ1v) is 10.2. The van der Waals surface area contributed by atoms with E-state index in [2.05, 4.69) is 0 Å². The predicted molar refractivity (Wildman–Crippen MR) is 97.2 cm³/mol. The van der Waals surface area contributed by atoms with Crippen LogP contribution in [0.15, 0.2) is 0 Å². The SMILES string of the molecule is CCSCC(=O)OCCOC(=O)CCC(=O)O[C@@H]1C(O)[C@@H](O)OC(CC)[C@H]1O. The third-order valence-corrected chi connectivity index (χ3v) is 4.75. The predicted octanol–water partition coefficient (Wildman–Crippen LogP) is -0.633. The number of carbonyl (C=O) groups is 3. The normalized spacial score (nSPS) is 27.1. The molecule has 5 atom stereocenters. The average molecular weight is 424 g/mol. The van der Waals surface area contributed by atoms with Crippen LogP contribution in [0, 0.1) is 0 Å². The van der Waals surface area contributed by atoms with Crippen molar-refractivity contribution >= 4 is 29.7 Å². The minimum Gasteiger partial charge on any atom is -0.462 e. The molecule has 1 saturated heterocycles. The van der Waals surface area contributed by atoms with E-state index in [0.717, 1.165) is 5.75 Å². The summed E-state index contributed by atoms with van der Waals surface area (Å²) in [7, 11) is 0. The lowest BCUT2D eigenvalue weighted by Gasteiger charge is -2.39. The van der Waals surface area contributed by atoms with Crippen molar-refractivity contribution in [1.29, 1.82) is 0 Å². The van der Waals surface area contributed by atoms with Crippen molar-refractivity contribution < 1.29 is 48.7 Å². The maximum absolute atomic E-state index is 11.9.